The highest BCUT2D eigenvalue weighted by Gasteiger charge is 1.99. The normalized spacial score (nSPS) is 12.1. The molecule has 0 spiro atoms. The van der Waals surface area contributed by atoms with Crippen molar-refractivity contribution in [3.05, 3.63) is 29.3 Å². The van der Waals surface area contributed by atoms with Gasteiger partial charge in [0.25, 0.3) is 0 Å². The van der Waals surface area contributed by atoms with Crippen LogP contribution in [0, 0.1) is 11.8 Å². The van der Waals surface area contributed by atoms with Gasteiger partial charge in [-0.25, -0.2) is 4.98 Å². The van der Waals surface area contributed by atoms with Crippen LogP contribution in [0.4, 0.5) is 0 Å². The number of benzene rings is 1. The Morgan fingerprint density at radius 1 is 1.43 bits per heavy atom. The Hall–Kier alpha value is -1.37. The summed E-state index contributed by atoms with van der Waals surface area (Å²) in [5.74, 6) is 5.52. The lowest BCUT2D eigenvalue weighted by Crippen LogP contribution is -1.92. The van der Waals surface area contributed by atoms with E-state index in [0.717, 1.165) is 15.2 Å². The third-order valence-electron chi connectivity index (χ3n) is 1.68. The quantitative estimate of drug-likeness (QED) is 0.664. The van der Waals surface area contributed by atoms with Gasteiger partial charge in [0.2, 0.25) is 0 Å². The standard InChI is InChI=1S/C11H9NOS/c1-8(13)6-7-11-12-9-4-2-3-5-10(9)14-11/h2-5,8,13H,1H3/t8-/m1/s1. The highest BCUT2D eigenvalue weighted by molar-refractivity contribution is 7.19. The van der Waals surface area contributed by atoms with Gasteiger partial charge in [0.15, 0.2) is 5.01 Å². The first-order valence-electron chi connectivity index (χ1n) is 4.31. The number of fused-ring (bicyclic) bond motifs is 1. The average Bonchev–Trinajstić information content (AvgIpc) is 2.57. The Morgan fingerprint density at radius 3 is 2.93 bits per heavy atom. The van der Waals surface area contributed by atoms with Crippen LogP contribution in [-0.2, 0) is 0 Å². The maximum Gasteiger partial charge on any atom is 0.168 e. The molecule has 1 heterocycles. The molecule has 2 rings (SSSR count). The molecule has 0 unspecified atom stereocenters. The maximum atomic E-state index is 8.99. The van der Waals surface area contributed by atoms with Gasteiger partial charge in [0.1, 0.15) is 6.10 Å². The molecular weight excluding hydrogens is 194 g/mol. The Bertz CT molecular complexity index is 471. The summed E-state index contributed by atoms with van der Waals surface area (Å²) in [4.78, 5) is 4.32. The molecule has 0 bridgehead atoms. The predicted molar refractivity (Wildman–Crippen MR) is 58.2 cm³/mol. The van der Waals surface area contributed by atoms with Gasteiger partial charge in [-0.2, -0.15) is 0 Å². The zero-order valence-corrected chi connectivity index (χ0v) is 8.51. The number of thiazole rings is 1. The van der Waals surface area contributed by atoms with Crippen LogP contribution in [0.2, 0.25) is 0 Å². The van der Waals surface area contributed by atoms with Gasteiger partial charge in [-0.15, -0.1) is 11.3 Å². The van der Waals surface area contributed by atoms with Crippen molar-refractivity contribution < 1.29 is 5.11 Å². The van der Waals surface area contributed by atoms with Crippen molar-refractivity contribution in [3.8, 4) is 11.8 Å². The summed E-state index contributed by atoms with van der Waals surface area (Å²) in [6.07, 6.45) is -0.595. The second-order valence-corrected chi connectivity index (χ2v) is 3.96. The number of aromatic nitrogens is 1. The van der Waals surface area contributed by atoms with Crippen LogP contribution in [0.5, 0.6) is 0 Å². The van der Waals surface area contributed by atoms with E-state index in [9.17, 15) is 0 Å². The lowest BCUT2D eigenvalue weighted by molar-refractivity contribution is 0.253. The molecule has 1 aromatic carbocycles. The molecule has 0 radical (unpaired) electrons. The molecule has 0 aliphatic rings. The highest BCUT2D eigenvalue weighted by atomic mass is 32.1. The largest absolute Gasteiger partial charge is 0.381 e. The number of hydrogen-bond acceptors (Lipinski definition) is 3. The minimum Gasteiger partial charge on any atom is -0.381 e. The lowest BCUT2D eigenvalue weighted by Gasteiger charge is -1.84. The Labute approximate surface area is 86.2 Å². The van der Waals surface area contributed by atoms with E-state index in [2.05, 4.69) is 16.8 Å². The van der Waals surface area contributed by atoms with E-state index in [4.69, 9.17) is 5.11 Å². The van der Waals surface area contributed by atoms with Crippen LogP contribution in [0.1, 0.15) is 11.9 Å². The summed E-state index contributed by atoms with van der Waals surface area (Å²) in [6, 6.07) is 7.90. The SMILES string of the molecule is C[C@@H](O)C#Cc1nc2ccccc2s1. The molecular formula is C11H9NOS. The predicted octanol–water partition coefficient (Wildman–Crippen LogP) is 2.03. The fourth-order valence-corrected chi connectivity index (χ4v) is 1.92. The third-order valence-corrected chi connectivity index (χ3v) is 2.63. The summed E-state index contributed by atoms with van der Waals surface area (Å²) >= 11 is 1.54. The first-order valence-corrected chi connectivity index (χ1v) is 5.12. The van der Waals surface area contributed by atoms with Gasteiger partial charge in [-0.05, 0) is 25.0 Å². The summed E-state index contributed by atoms with van der Waals surface area (Å²) in [7, 11) is 0. The fraction of sp³-hybridized carbons (Fsp3) is 0.182. The number of nitrogens with zero attached hydrogens (tertiary/aromatic N) is 1. The topological polar surface area (TPSA) is 33.1 Å². The number of aliphatic hydroxyl groups excluding tert-OH is 1. The monoisotopic (exact) mass is 203 g/mol. The smallest absolute Gasteiger partial charge is 0.168 e. The first kappa shape index (κ1) is 9.20. The van der Waals surface area contributed by atoms with Crippen molar-refractivity contribution in [2.75, 3.05) is 0 Å². The summed E-state index contributed by atoms with van der Waals surface area (Å²) < 4.78 is 1.13. The molecule has 3 heteroatoms. The van der Waals surface area contributed by atoms with Crippen LogP contribution >= 0.6 is 11.3 Å². The van der Waals surface area contributed by atoms with Crippen LogP contribution in [-0.4, -0.2) is 16.2 Å². The molecule has 14 heavy (non-hydrogen) atoms. The van der Waals surface area contributed by atoms with Crippen LogP contribution in [0.15, 0.2) is 24.3 Å². The van der Waals surface area contributed by atoms with Gasteiger partial charge in [-0.3, -0.25) is 0 Å². The van der Waals surface area contributed by atoms with Crippen molar-refractivity contribution in [1.29, 1.82) is 0 Å². The number of rotatable bonds is 0. The van der Waals surface area contributed by atoms with Gasteiger partial charge in [0, 0.05) is 0 Å². The van der Waals surface area contributed by atoms with Crippen LogP contribution in [0.3, 0.4) is 0 Å². The Morgan fingerprint density at radius 2 is 2.21 bits per heavy atom. The molecule has 70 valence electrons. The van der Waals surface area contributed by atoms with E-state index in [-0.39, 0.29) is 0 Å². The molecule has 0 aliphatic carbocycles. The maximum absolute atomic E-state index is 8.99. The number of hydrogen-bond donors (Lipinski definition) is 1. The zero-order valence-electron chi connectivity index (χ0n) is 7.69. The van der Waals surface area contributed by atoms with E-state index >= 15 is 0 Å². The average molecular weight is 203 g/mol. The van der Waals surface area contributed by atoms with E-state index in [0.29, 0.717) is 0 Å². The van der Waals surface area contributed by atoms with E-state index in [1.807, 2.05) is 24.3 Å². The van der Waals surface area contributed by atoms with Crippen molar-refractivity contribution in [2.24, 2.45) is 0 Å². The molecule has 0 aliphatic heterocycles. The highest BCUT2D eigenvalue weighted by Crippen LogP contribution is 2.20. The lowest BCUT2D eigenvalue weighted by atomic mass is 10.3. The Balaban J connectivity index is 2.42. The molecule has 0 saturated heterocycles. The summed E-state index contributed by atoms with van der Waals surface area (Å²) in [5.41, 5.74) is 0.965. The number of aliphatic hydroxyl groups is 1. The van der Waals surface area contributed by atoms with Gasteiger partial charge >= 0.3 is 0 Å². The van der Waals surface area contributed by atoms with Crippen LogP contribution in [0.25, 0.3) is 10.2 Å². The second kappa shape index (κ2) is 3.79. The zero-order chi connectivity index (χ0) is 9.97. The van der Waals surface area contributed by atoms with Crippen LogP contribution < -0.4 is 0 Å². The molecule has 1 N–H and O–H groups in total. The second-order valence-electron chi connectivity index (χ2n) is 2.93. The van der Waals surface area contributed by atoms with Crippen molar-refractivity contribution in [2.45, 2.75) is 13.0 Å². The minimum absolute atomic E-state index is 0.595. The summed E-state index contributed by atoms with van der Waals surface area (Å²) in [5, 5.41) is 9.75. The van der Waals surface area contributed by atoms with Gasteiger partial charge in [-0.1, -0.05) is 18.1 Å². The van der Waals surface area contributed by atoms with Crippen molar-refractivity contribution >= 4 is 21.6 Å². The summed E-state index contributed by atoms with van der Waals surface area (Å²) in [6.45, 7) is 1.64. The number of para-hydroxylation sites is 1. The molecule has 2 nitrogen and oxygen atoms in total. The van der Waals surface area contributed by atoms with Gasteiger partial charge < -0.3 is 5.11 Å². The molecule has 0 saturated carbocycles. The fourth-order valence-electron chi connectivity index (χ4n) is 1.09. The first-order chi connectivity index (χ1) is 6.75. The molecule has 1 atom stereocenters. The Kier molecular flexibility index (Phi) is 2.49. The van der Waals surface area contributed by atoms with E-state index < -0.39 is 6.10 Å². The van der Waals surface area contributed by atoms with Gasteiger partial charge in [0.05, 0.1) is 10.2 Å². The van der Waals surface area contributed by atoms with Crippen molar-refractivity contribution in [3.63, 3.8) is 0 Å². The van der Waals surface area contributed by atoms with E-state index in [1.54, 1.807) is 18.3 Å². The van der Waals surface area contributed by atoms with E-state index in [1.165, 1.54) is 0 Å². The molecule has 0 amide bonds. The minimum atomic E-state index is -0.595. The van der Waals surface area contributed by atoms with Crippen molar-refractivity contribution in [1.82, 2.24) is 4.98 Å². The molecule has 2 aromatic rings. The molecule has 0 fully saturated rings. The third kappa shape index (κ3) is 1.92. The molecule has 1 aromatic heterocycles.